The highest BCUT2D eigenvalue weighted by molar-refractivity contribution is 5.94. The molecule has 0 radical (unpaired) electrons. The highest BCUT2D eigenvalue weighted by Crippen LogP contribution is 2.25. The Morgan fingerprint density at radius 3 is 3.00 bits per heavy atom. The first kappa shape index (κ1) is 14.7. The number of rotatable bonds is 5. The Morgan fingerprint density at radius 2 is 2.35 bits per heavy atom. The number of aromatic carboxylic acids is 1. The van der Waals surface area contributed by atoms with Gasteiger partial charge in [0.25, 0.3) is 0 Å². The predicted octanol–water partition coefficient (Wildman–Crippen LogP) is 2.36. The van der Waals surface area contributed by atoms with Gasteiger partial charge in [-0.15, -0.1) is 0 Å². The van der Waals surface area contributed by atoms with E-state index in [-0.39, 0.29) is 11.7 Å². The van der Waals surface area contributed by atoms with Crippen LogP contribution in [0.1, 0.15) is 36.5 Å². The van der Waals surface area contributed by atoms with Gasteiger partial charge < -0.3 is 20.5 Å². The van der Waals surface area contributed by atoms with Gasteiger partial charge in [-0.1, -0.05) is 6.92 Å². The minimum Gasteiger partial charge on any atom is -0.478 e. The lowest BCUT2D eigenvalue weighted by atomic mass is 10.1. The van der Waals surface area contributed by atoms with Gasteiger partial charge in [0.05, 0.1) is 11.7 Å². The highest BCUT2D eigenvalue weighted by Gasteiger charge is 2.21. The number of carboxylic acids is 1. The van der Waals surface area contributed by atoms with Crippen LogP contribution in [-0.2, 0) is 4.74 Å². The van der Waals surface area contributed by atoms with Crippen LogP contribution in [0.4, 0.5) is 11.4 Å². The van der Waals surface area contributed by atoms with E-state index in [1.54, 1.807) is 12.1 Å². The molecule has 1 aromatic rings. The van der Waals surface area contributed by atoms with Crippen molar-refractivity contribution >= 4 is 17.3 Å². The number of benzene rings is 1. The fraction of sp³-hybridized carbons (Fsp3) is 0.533. The summed E-state index contributed by atoms with van der Waals surface area (Å²) in [5.41, 5.74) is 7.24. The third-order valence-electron chi connectivity index (χ3n) is 3.57. The van der Waals surface area contributed by atoms with Crippen molar-refractivity contribution in [2.45, 2.75) is 32.3 Å². The minimum atomic E-state index is -0.989. The number of nitrogen functional groups attached to an aromatic ring is 1. The predicted molar refractivity (Wildman–Crippen MR) is 79.3 cm³/mol. The van der Waals surface area contributed by atoms with E-state index in [1.165, 1.54) is 0 Å². The number of nitrogens with zero attached hydrogens (tertiary/aromatic N) is 1. The molecule has 1 heterocycles. The van der Waals surface area contributed by atoms with Crippen LogP contribution in [0.2, 0.25) is 0 Å². The molecular formula is C15H22N2O3. The lowest BCUT2D eigenvalue weighted by Gasteiger charge is -2.34. The summed E-state index contributed by atoms with van der Waals surface area (Å²) in [5, 5.41) is 8.99. The van der Waals surface area contributed by atoms with Crippen molar-refractivity contribution in [2.24, 2.45) is 0 Å². The van der Waals surface area contributed by atoms with Gasteiger partial charge in [0.1, 0.15) is 0 Å². The smallest absolute Gasteiger partial charge is 0.337 e. The molecule has 1 unspecified atom stereocenters. The van der Waals surface area contributed by atoms with Crippen LogP contribution in [0.5, 0.6) is 0 Å². The summed E-state index contributed by atoms with van der Waals surface area (Å²) in [6, 6.07) is 5.14. The molecule has 0 saturated carbocycles. The van der Waals surface area contributed by atoms with Crippen molar-refractivity contribution in [3.63, 3.8) is 0 Å². The molecule has 2 rings (SSSR count). The van der Waals surface area contributed by atoms with E-state index in [0.29, 0.717) is 5.69 Å². The summed E-state index contributed by atoms with van der Waals surface area (Å²) in [6.07, 6.45) is 3.44. The van der Waals surface area contributed by atoms with Crippen LogP contribution in [0.15, 0.2) is 18.2 Å². The fourth-order valence-corrected chi connectivity index (χ4v) is 2.53. The van der Waals surface area contributed by atoms with Crippen molar-refractivity contribution in [2.75, 3.05) is 30.3 Å². The van der Waals surface area contributed by atoms with Crippen molar-refractivity contribution in [1.29, 1.82) is 0 Å². The molecule has 1 fully saturated rings. The third-order valence-corrected chi connectivity index (χ3v) is 3.57. The van der Waals surface area contributed by atoms with Gasteiger partial charge in [0.15, 0.2) is 0 Å². The first-order valence-electron chi connectivity index (χ1n) is 7.11. The number of carboxylic acid groups (broad SMARTS) is 1. The standard InChI is InChI=1S/C15H22N2O3/c1-2-8-20-12-4-3-7-17(10-12)11-5-6-13(15(18)19)14(16)9-11/h5-6,9,12H,2-4,7-8,10,16H2,1H3,(H,18,19). The first-order valence-corrected chi connectivity index (χ1v) is 7.11. The second-order valence-electron chi connectivity index (χ2n) is 5.16. The van der Waals surface area contributed by atoms with Gasteiger partial charge in [-0.3, -0.25) is 0 Å². The fourth-order valence-electron chi connectivity index (χ4n) is 2.53. The van der Waals surface area contributed by atoms with E-state index in [1.807, 2.05) is 6.07 Å². The largest absolute Gasteiger partial charge is 0.478 e. The zero-order valence-electron chi connectivity index (χ0n) is 11.8. The Bertz CT molecular complexity index is 476. The van der Waals surface area contributed by atoms with Crippen LogP contribution < -0.4 is 10.6 Å². The van der Waals surface area contributed by atoms with Crippen LogP contribution in [-0.4, -0.2) is 36.9 Å². The van der Waals surface area contributed by atoms with Crippen molar-refractivity contribution in [3.8, 4) is 0 Å². The van der Waals surface area contributed by atoms with Gasteiger partial charge >= 0.3 is 5.97 Å². The van der Waals surface area contributed by atoms with Gasteiger partial charge in [-0.05, 0) is 37.5 Å². The second kappa shape index (κ2) is 6.61. The average molecular weight is 278 g/mol. The van der Waals surface area contributed by atoms with Gasteiger partial charge in [-0.2, -0.15) is 0 Å². The Kier molecular flexibility index (Phi) is 4.84. The van der Waals surface area contributed by atoms with E-state index in [2.05, 4.69) is 11.8 Å². The van der Waals surface area contributed by atoms with E-state index in [0.717, 1.165) is 44.6 Å². The molecule has 5 nitrogen and oxygen atoms in total. The van der Waals surface area contributed by atoms with Gasteiger partial charge in [-0.25, -0.2) is 4.79 Å². The van der Waals surface area contributed by atoms with E-state index in [9.17, 15) is 4.79 Å². The summed E-state index contributed by atoms with van der Waals surface area (Å²) in [5.74, 6) is -0.989. The summed E-state index contributed by atoms with van der Waals surface area (Å²) in [4.78, 5) is 13.2. The Hall–Kier alpha value is -1.75. The molecule has 1 aliphatic rings. The molecule has 1 aliphatic heterocycles. The van der Waals surface area contributed by atoms with Crippen molar-refractivity contribution in [1.82, 2.24) is 0 Å². The molecule has 5 heteroatoms. The highest BCUT2D eigenvalue weighted by atomic mass is 16.5. The Labute approximate surface area is 119 Å². The summed E-state index contributed by atoms with van der Waals surface area (Å²) < 4.78 is 5.81. The number of nitrogens with two attached hydrogens (primary N) is 1. The van der Waals surface area contributed by atoms with E-state index >= 15 is 0 Å². The van der Waals surface area contributed by atoms with Crippen molar-refractivity contribution < 1.29 is 14.6 Å². The molecule has 3 N–H and O–H groups in total. The summed E-state index contributed by atoms with van der Waals surface area (Å²) in [6.45, 7) is 4.69. The molecule has 0 aromatic heterocycles. The summed E-state index contributed by atoms with van der Waals surface area (Å²) >= 11 is 0. The third kappa shape index (κ3) is 3.42. The molecule has 0 spiro atoms. The molecule has 110 valence electrons. The Morgan fingerprint density at radius 1 is 1.55 bits per heavy atom. The molecular weight excluding hydrogens is 256 g/mol. The Balaban J connectivity index is 2.07. The average Bonchev–Trinajstić information content (AvgIpc) is 2.45. The molecule has 0 bridgehead atoms. The molecule has 0 aliphatic carbocycles. The summed E-state index contributed by atoms with van der Waals surface area (Å²) in [7, 11) is 0. The quantitative estimate of drug-likeness (QED) is 0.809. The van der Waals surface area contributed by atoms with Crippen molar-refractivity contribution in [3.05, 3.63) is 23.8 Å². The molecule has 1 aromatic carbocycles. The van der Waals surface area contributed by atoms with Crippen LogP contribution >= 0.6 is 0 Å². The topological polar surface area (TPSA) is 75.8 Å². The number of ether oxygens (including phenoxy) is 1. The number of hydrogen-bond donors (Lipinski definition) is 2. The zero-order chi connectivity index (χ0) is 14.5. The lowest BCUT2D eigenvalue weighted by molar-refractivity contribution is 0.0440. The molecule has 20 heavy (non-hydrogen) atoms. The second-order valence-corrected chi connectivity index (χ2v) is 5.16. The minimum absolute atomic E-state index is 0.157. The number of carbonyl (C=O) groups is 1. The SMILES string of the molecule is CCCOC1CCCN(c2ccc(C(=O)O)c(N)c2)C1. The zero-order valence-corrected chi connectivity index (χ0v) is 11.8. The molecule has 1 atom stereocenters. The molecule has 1 saturated heterocycles. The van der Waals surface area contributed by atoms with Crippen LogP contribution in [0, 0.1) is 0 Å². The lowest BCUT2D eigenvalue weighted by Crippen LogP contribution is -2.39. The van der Waals surface area contributed by atoms with E-state index < -0.39 is 5.97 Å². The van der Waals surface area contributed by atoms with Gasteiger partial charge in [0, 0.05) is 31.1 Å². The normalized spacial score (nSPS) is 19.1. The first-order chi connectivity index (χ1) is 9.61. The monoisotopic (exact) mass is 278 g/mol. The van der Waals surface area contributed by atoms with Gasteiger partial charge in [0.2, 0.25) is 0 Å². The maximum atomic E-state index is 11.0. The molecule has 0 amide bonds. The number of hydrogen-bond acceptors (Lipinski definition) is 4. The van der Waals surface area contributed by atoms with Crippen LogP contribution in [0.25, 0.3) is 0 Å². The number of anilines is 2. The maximum absolute atomic E-state index is 11.0. The maximum Gasteiger partial charge on any atom is 0.337 e. The van der Waals surface area contributed by atoms with Crippen LogP contribution in [0.3, 0.4) is 0 Å². The number of piperidine rings is 1. The van der Waals surface area contributed by atoms with E-state index in [4.69, 9.17) is 15.6 Å².